The van der Waals surface area contributed by atoms with Crippen molar-refractivity contribution in [3.8, 4) is 0 Å². The van der Waals surface area contributed by atoms with Gasteiger partial charge >= 0.3 is 0 Å². The van der Waals surface area contributed by atoms with Crippen molar-refractivity contribution in [2.45, 2.75) is 50.5 Å². The molecule has 6 heteroatoms. The summed E-state index contributed by atoms with van der Waals surface area (Å²) < 4.78 is 27.4. The summed E-state index contributed by atoms with van der Waals surface area (Å²) in [7, 11) is -3.58. The first-order chi connectivity index (χ1) is 9.94. The summed E-state index contributed by atoms with van der Waals surface area (Å²) in [4.78, 5) is 0.158. The van der Waals surface area contributed by atoms with Crippen molar-refractivity contribution in [2.24, 2.45) is 5.92 Å². The average molecular weight is 332 g/mol. The van der Waals surface area contributed by atoms with Gasteiger partial charge in [-0.2, -0.15) is 0 Å². The summed E-state index contributed by atoms with van der Waals surface area (Å²) >= 11 is 5.94. The van der Waals surface area contributed by atoms with E-state index in [2.05, 4.69) is 4.72 Å². The second kappa shape index (κ2) is 7.09. The van der Waals surface area contributed by atoms with Crippen molar-refractivity contribution in [3.05, 3.63) is 28.3 Å². The van der Waals surface area contributed by atoms with Gasteiger partial charge in [0.15, 0.2) is 0 Å². The van der Waals surface area contributed by atoms with Crippen molar-refractivity contribution >= 4 is 21.6 Å². The van der Waals surface area contributed by atoms with Crippen LogP contribution >= 0.6 is 11.6 Å². The quantitative estimate of drug-likeness (QED) is 0.842. The van der Waals surface area contributed by atoms with E-state index in [9.17, 15) is 13.5 Å². The maximum atomic E-state index is 12.4. The molecule has 1 aliphatic carbocycles. The molecule has 1 aromatic carbocycles. The molecule has 4 nitrogen and oxygen atoms in total. The average Bonchev–Trinajstić information content (AvgIpc) is 2.93. The number of benzene rings is 1. The third-order valence-corrected chi connectivity index (χ3v) is 6.02. The van der Waals surface area contributed by atoms with E-state index in [1.807, 2.05) is 0 Å². The molecule has 118 valence electrons. The number of sulfonamides is 1. The molecular weight excluding hydrogens is 310 g/mol. The predicted molar refractivity (Wildman–Crippen MR) is 83.9 cm³/mol. The fourth-order valence-electron chi connectivity index (χ4n) is 2.93. The molecule has 1 aliphatic rings. The molecule has 0 saturated heterocycles. The summed E-state index contributed by atoms with van der Waals surface area (Å²) in [5.41, 5.74) is 1.09. The topological polar surface area (TPSA) is 66.4 Å². The van der Waals surface area contributed by atoms with Gasteiger partial charge in [-0.3, -0.25) is 0 Å². The van der Waals surface area contributed by atoms with Gasteiger partial charge in [-0.25, -0.2) is 13.1 Å². The number of aliphatic hydroxyl groups is 1. The first-order valence-electron chi connectivity index (χ1n) is 7.33. The summed E-state index contributed by atoms with van der Waals surface area (Å²) in [6.45, 7) is 1.91. The number of halogens is 1. The van der Waals surface area contributed by atoms with E-state index < -0.39 is 10.0 Å². The number of hydrogen-bond donors (Lipinski definition) is 2. The van der Waals surface area contributed by atoms with E-state index in [0.29, 0.717) is 28.6 Å². The largest absolute Gasteiger partial charge is 0.392 e. The van der Waals surface area contributed by atoms with Gasteiger partial charge in [0.25, 0.3) is 0 Å². The third-order valence-electron chi connectivity index (χ3n) is 4.21. The molecular formula is C15H22ClNO3S. The highest BCUT2D eigenvalue weighted by molar-refractivity contribution is 7.89. The maximum Gasteiger partial charge on any atom is 0.240 e. The molecule has 0 aromatic heterocycles. The van der Waals surface area contributed by atoms with Crippen LogP contribution in [0, 0.1) is 12.8 Å². The fourth-order valence-corrected chi connectivity index (χ4v) is 4.59. The Kier molecular flexibility index (Phi) is 5.66. The lowest BCUT2D eigenvalue weighted by atomic mass is 10.1. The Bertz CT molecular complexity index is 595. The number of nitrogens with one attached hydrogen (secondary N) is 1. The molecule has 0 radical (unpaired) electrons. The van der Waals surface area contributed by atoms with Crippen LogP contribution in [0.25, 0.3) is 0 Å². The van der Waals surface area contributed by atoms with Crippen molar-refractivity contribution in [1.82, 2.24) is 4.72 Å². The molecule has 0 unspecified atom stereocenters. The fraction of sp³-hybridized carbons (Fsp3) is 0.600. The van der Waals surface area contributed by atoms with Gasteiger partial charge in [-0.15, -0.1) is 0 Å². The van der Waals surface area contributed by atoms with Gasteiger partial charge in [0.2, 0.25) is 10.0 Å². The Hall–Kier alpha value is -0.620. The van der Waals surface area contributed by atoms with E-state index in [1.54, 1.807) is 13.0 Å². The zero-order chi connectivity index (χ0) is 15.5. The summed E-state index contributed by atoms with van der Waals surface area (Å²) in [6, 6.07) is 3.03. The van der Waals surface area contributed by atoms with E-state index in [-0.39, 0.29) is 11.5 Å². The van der Waals surface area contributed by atoms with Crippen LogP contribution in [0.2, 0.25) is 5.02 Å². The zero-order valence-corrected chi connectivity index (χ0v) is 13.8. The molecule has 1 fully saturated rings. The van der Waals surface area contributed by atoms with Gasteiger partial charge in [0.1, 0.15) is 0 Å². The molecule has 1 aromatic rings. The maximum absolute atomic E-state index is 12.4. The second-order valence-corrected chi connectivity index (χ2v) is 7.85. The van der Waals surface area contributed by atoms with Crippen molar-refractivity contribution < 1.29 is 13.5 Å². The Morgan fingerprint density at radius 3 is 2.62 bits per heavy atom. The molecule has 21 heavy (non-hydrogen) atoms. The lowest BCUT2D eigenvalue weighted by molar-refractivity contribution is 0.280. The molecule has 0 amide bonds. The van der Waals surface area contributed by atoms with Crippen molar-refractivity contribution in [2.75, 3.05) is 6.54 Å². The highest BCUT2D eigenvalue weighted by Crippen LogP contribution is 2.28. The first-order valence-corrected chi connectivity index (χ1v) is 9.19. The van der Waals surface area contributed by atoms with Gasteiger partial charge in [-0.1, -0.05) is 37.3 Å². The molecule has 1 saturated carbocycles. The van der Waals surface area contributed by atoms with Crippen molar-refractivity contribution in [1.29, 1.82) is 0 Å². The Morgan fingerprint density at radius 1 is 1.33 bits per heavy atom. The van der Waals surface area contributed by atoms with Crippen LogP contribution in [0.5, 0.6) is 0 Å². The SMILES string of the molecule is Cc1c(CO)cc(Cl)cc1S(=O)(=O)NCCC1CCCC1. The molecule has 2 rings (SSSR count). The summed E-state index contributed by atoms with van der Waals surface area (Å²) in [5, 5.41) is 9.60. The molecule has 0 heterocycles. The van der Waals surface area contributed by atoms with E-state index in [0.717, 1.165) is 6.42 Å². The molecule has 0 spiro atoms. The monoisotopic (exact) mass is 331 g/mol. The Balaban J connectivity index is 2.09. The molecule has 0 atom stereocenters. The summed E-state index contributed by atoms with van der Waals surface area (Å²) in [5.74, 6) is 0.640. The number of aliphatic hydroxyl groups excluding tert-OH is 1. The van der Waals surface area contributed by atoms with E-state index in [1.165, 1.54) is 31.7 Å². The highest BCUT2D eigenvalue weighted by Gasteiger charge is 2.21. The Morgan fingerprint density at radius 2 is 2.00 bits per heavy atom. The normalized spacial score (nSPS) is 16.5. The highest BCUT2D eigenvalue weighted by atomic mass is 35.5. The van der Waals surface area contributed by atoms with Gasteiger partial charge in [0.05, 0.1) is 11.5 Å². The minimum Gasteiger partial charge on any atom is -0.392 e. The van der Waals surface area contributed by atoms with Crippen LogP contribution in [-0.2, 0) is 16.6 Å². The Labute approximate surface area is 131 Å². The predicted octanol–water partition coefficient (Wildman–Crippen LogP) is 3.00. The second-order valence-electron chi connectivity index (χ2n) is 5.68. The summed E-state index contributed by atoms with van der Waals surface area (Å²) in [6.07, 6.45) is 5.79. The zero-order valence-electron chi connectivity index (χ0n) is 12.2. The van der Waals surface area contributed by atoms with Crippen molar-refractivity contribution in [3.63, 3.8) is 0 Å². The molecule has 0 aliphatic heterocycles. The van der Waals surface area contributed by atoms with Gasteiger partial charge < -0.3 is 5.11 Å². The third kappa shape index (κ3) is 4.19. The van der Waals surface area contributed by atoms with Gasteiger partial charge in [0, 0.05) is 11.6 Å². The van der Waals surface area contributed by atoms with Crippen LogP contribution in [0.3, 0.4) is 0 Å². The number of rotatable bonds is 6. The number of hydrogen-bond acceptors (Lipinski definition) is 3. The first kappa shape index (κ1) is 16.7. The van der Waals surface area contributed by atoms with Crippen LogP contribution < -0.4 is 4.72 Å². The van der Waals surface area contributed by atoms with Crippen LogP contribution in [-0.4, -0.2) is 20.1 Å². The standard InChI is InChI=1S/C15H22ClNO3S/c1-11-13(10-18)8-14(16)9-15(11)21(19,20)17-7-6-12-4-2-3-5-12/h8-9,12,17-18H,2-7,10H2,1H3. The molecule has 2 N–H and O–H groups in total. The van der Waals surface area contributed by atoms with Crippen LogP contribution in [0.15, 0.2) is 17.0 Å². The smallest absolute Gasteiger partial charge is 0.240 e. The lowest BCUT2D eigenvalue weighted by Crippen LogP contribution is -2.27. The minimum atomic E-state index is -3.58. The van der Waals surface area contributed by atoms with E-state index in [4.69, 9.17) is 11.6 Å². The van der Waals surface area contributed by atoms with Crippen LogP contribution in [0.1, 0.15) is 43.2 Å². The lowest BCUT2D eigenvalue weighted by Gasteiger charge is -2.14. The minimum absolute atomic E-state index is 0.158. The van der Waals surface area contributed by atoms with Gasteiger partial charge in [-0.05, 0) is 42.5 Å². The van der Waals surface area contributed by atoms with E-state index >= 15 is 0 Å². The van der Waals surface area contributed by atoms with Crippen LogP contribution in [0.4, 0.5) is 0 Å². The molecule has 0 bridgehead atoms.